The summed E-state index contributed by atoms with van der Waals surface area (Å²) in [5, 5.41) is 5.43. The average Bonchev–Trinajstić information content (AvgIpc) is 2.98. The molecule has 1 saturated heterocycles. The minimum Gasteiger partial charge on any atom is -0.355 e. The molecule has 8 heteroatoms. The maximum absolute atomic E-state index is 11.9. The van der Waals surface area contributed by atoms with E-state index in [9.17, 15) is 9.59 Å². The van der Waals surface area contributed by atoms with Crippen molar-refractivity contribution in [3.05, 3.63) is 20.8 Å². The number of piperazine rings is 1. The Balaban J connectivity index is 1.61. The molecule has 0 spiro atoms. The molecule has 0 saturated carbocycles. The lowest BCUT2D eigenvalue weighted by Gasteiger charge is -2.34. The molecule has 2 N–H and O–H groups in total. The lowest BCUT2D eigenvalue weighted by Crippen LogP contribution is -2.49. The highest BCUT2D eigenvalue weighted by atomic mass is 79.9. The van der Waals surface area contributed by atoms with Crippen molar-refractivity contribution in [1.29, 1.82) is 0 Å². The van der Waals surface area contributed by atoms with E-state index < -0.39 is 0 Å². The number of thiophene rings is 1. The quantitative estimate of drug-likeness (QED) is 0.669. The SMILES string of the molecule is CCCNC(=O)CNC(=O)CN1CCN(Cc2ccc(Br)s2)CC1. The zero-order chi connectivity index (χ0) is 17.4. The first-order valence-electron chi connectivity index (χ1n) is 8.29. The van der Waals surface area contributed by atoms with Crippen LogP contribution in [0.1, 0.15) is 18.2 Å². The normalized spacial score (nSPS) is 16.1. The van der Waals surface area contributed by atoms with Crippen molar-refractivity contribution in [1.82, 2.24) is 20.4 Å². The maximum Gasteiger partial charge on any atom is 0.239 e. The molecule has 24 heavy (non-hydrogen) atoms. The van der Waals surface area contributed by atoms with E-state index in [0.717, 1.165) is 42.9 Å². The number of nitrogens with zero attached hydrogens (tertiary/aromatic N) is 2. The second-order valence-electron chi connectivity index (χ2n) is 5.88. The highest BCUT2D eigenvalue weighted by Crippen LogP contribution is 2.23. The zero-order valence-corrected chi connectivity index (χ0v) is 16.4. The van der Waals surface area contributed by atoms with Crippen molar-refractivity contribution >= 4 is 39.1 Å². The smallest absolute Gasteiger partial charge is 0.239 e. The van der Waals surface area contributed by atoms with Crippen LogP contribution in [0, 0.1) is 0 Å². The number of rotatable bonds is 8. The first kappa shape index (κ1) is 19.4. The lowest BCUT2D eigenvalue weighted by atomic mass is 10.3. The van der Waals surface area contributed by atoms with Crippen molar-refractivity contribution in [2.75, 3.05) is 45.8 Å². The van der Waals surface area contributed by atoms with Gasteiger partial charge < -0.3 is 10.6 Å². The molecule has 1 aliphatic heterocycles. The fourth-order valence-corrected chi connectivity index (χ4v) is 4.05. The summed E-state index contributed by atoms with van der Waals surface area (Å²) >= 11 is 5.26. The topological polar surface area (TPSA) is 64.7 Å². The van der Waals surface area contributed by atoms with E-state index in [0.29, 0.717) is 13.1 Å². The van der Waals surface area contributed by atoms with E-state index >= 15 is 0 Å². The molecule has 1 fully saturated rings. The fraction of sp³-hybridized carbons (Fsp3) is 0.625. The van der Waals surface area contributed by atoms with Crippen LogP contribution in [0.5, 0.6) is 0 Å². The molecular weight excluding hydrogens is 392 g/mol. The van der Waals surface area contributed by atoms with Gasteiger partial charge in [0.15, 0.2) is 0 Å². The van der Waals surface area contributed by atoms with Crippen LogP contribution in [0.2, 0.25) is 0 Å². The summed E-state index contributed by atoms with van der Waals surface area (Å²) < 4.78 is 1.16. The fourth-order valence-electron chi connectivity index (χ4n) is 2.53. The molecular formula is C16H25BrN4O2S. The van der Waals surface area contributed by atoms with Gasteiger partial charge in [-0.2, -0.15) is 0 Å². The summed E-state index contributed by atoms with van der Waals surface area (Å²) in [4.78, 5) is 29.3. The van der Waals surface area contributed by atoms with Crippen LogP contribution in [0.15, 0.2) is 15.9 Å². The van der Waals surface area contributed by atoms with Crippen LogP contribution in [0.4, 0.5) is 0 Å². The summed E-state index contributed by atoms with van der Waals surface area (Å²) in [6.07, 6.45) is 0.895. The molecule has 0 aromatic carbocycles. The Hall–Kier alpha value is -0.960. The monoisotopic (exact) mass is 416 g/mol. The molecule has 134 valence electrons. The molecule has 1 aromatic rings. The molecule has 2 rings (SSSR count). The van der Waals surface area contributed by atoms with Crippen LogP contribution >= 0.6 is 27.3 Å². The van der Waals surface area contributed by atoms with Gasteiger partial charge in [-0.15, -0.1) is 11.3 Å². The molecule has 6 nitrogen and oxygen atoms in total. The molecule has 0 aliphatic carbocycles. The largest absolute Gasteiger partial charge is 0.355 e. The summed E-state index contributed by atoms with van der Waals surface area (Å²) in [6, 6.07) is 4.23. The van der Waals surface area contributed by atoms with E-state index in [-0.39, 0.29) is 18.4 Å². The van der Waals surface area contributed by atoms with Gasteiger partial charge in [0.25, 0.3) is 0 Å². The van der Waals surface area contributed by atoms with Gasteiger partial charge in [0.2, 0.25) is 11.8 Å². The number of carbonyl (C=O) groups excluding carboxylic acids is 2. The van der Waals surface area contributed by atoms with Gasteiger partial charge in [-0.1, -0.05) is 6.92 Å². The first-order valence-corrected chi connectivity index (χ1v) is 9.90. The second kappa shape index (κ2) is 10.1. The van der Waals surface area contributed by atoms with Crippen LogP contribution < -0.4 is 10.6 Å². The van der Waals surface area contributed by atoms with E-state index in [2.05, 4.69) is 48.5 Å². The van der Waals surface area contributed by atoms with Gasteiger partial charge in [-0.25, -0.2) is 0 Å². The minimum absolute atomic E-state index is 0.0616. The average molecular weight is 417 g/mol. The van der Waals surface area contributed by atoms with Crippen molar-refractivity contribution < 1.29 is 9.59 Å². The van der Waals surface area contributed by atoms with Crippen molar-refractivity contribution in [3.8, 4) is 0 Å². The van der Waals surface area contributed by atoms with Gasteiger partial charge in [0.05, 0.1) is 16.9 Å². The highest BCUT2D eigenvalue weighted by molar-refractivity contribution is 9.11. The molecule has 0 radical (unpaired) electrons. The number of halogens is 1. The minimum atomic E-state index is -0.128. The number of amides is 2. The molecule has 0 bridgehead atoms. The van der Waals surface area contributed by atoms with Crippen molar-refractivity contribution in [2.24, 2.45) is 0 Å². The van der Waals surface area contributed by atoms with Gasteiger partial charge in [-0.05, 0) is 34.5 Å². The molecule has 2 amide bonds. The highest BCUT2D eigenvalue weighted by Gasteiger charge is 2.19. The van der Waals surface area contributed by atoms with Crippen LogP contribution in [-0.4, -0.2) is 67.4 Å². The molecule has 1 aromatic heterocycles. The Morgan fingerprint density at radius 3 is 2.46 bits per heavy atom. The number of nitrogens with one attached hydrogen (secondary N) is 2. The van der Waals surface area contributed by atoms with E-state index in [4.69, 9.17) is 0 Å². The second-order valence-corrected chi connectivity index (χ2v) is 8.43. The summed E-state index contributed by atoms with van der Waals surface area (Å²) in [5.41, 5.74) is 0. The maximum atomic E-state index is 11.9. The Labute approximate surface area is 155 Å². The zero-order valence-electron chi connectivity index (χ0n) is 14.0. The third kappa shape index (κ3) is 6.88. The van der Waals surface area contributed by atoms with E-state index in [1.54, 1.807) is 11.3 Å². The van der Waals surface area contributed by atoms with Gasteiger partial charge >= 0.3 is 0 Å². The van der Waals surface area contributed by atoms with Crippen LogP contribution in [-0.2, 0) is 16.1 Å². The first-order chi connectivity index (χ1) is 11.6. The molecule has 1 aliphatic rings. The predicted octanol–water partition coefficient (Wildman–Crippen LogP) is 1.27. The van der Waals surface area contributed by atoms with Crippen LogP contribution in [0.3, 0.4) is 0 Å². The number of hydrogen-bond acceptors (Lipinski definition) is 5. The van der Waals surface area contributed by atoms with Gasteiger partial charge in [-0.3, -0.25) is 19.4 Å². The number of carbonyl (C=O) groups is 2. The Morgan fingerprint density at radius 2 is 1.83 bits per heavy atom. The third-order valence-electron chi connectivity index (χ3n) is 3.86. The number of hydrogen-bond donors (Lipinski definition) is 2. The lowest BCUT2D eigenvalue weighted by molar-refractivity contribution is -0.127. The third-order valence-corrected chi connectivity index (χ3v) is 5.47. The Kier molecular flexibility index (Phi) is 8.17. The Morgan fingerprint density at radius 1 is 1.12 bits per heavy atom. The summed E-state index contributed by atoms with van der Waals surface area (Å²) in [6.45, 7) is 7.70. The van der Waals surface area contributed by atoms with E-state index in [1.165, 1.54) is 4.88 Å². The summed E-state index contributed by atoms with van der Waals surface area (Å²) in [5.74, 6) is -0.214. The van der Waals surface area contributed by atoms with Gasteiger partial charge in [0, 0.05) is 44.1 Å². The molecule has 2 heterocycles. The standard InChI is InChI=1S/C16H25BrN4O2S/c1-2-5-18-15(22)10-19-16(23)12-21-8-6-20(7-9-21)11-13-3-4-14(17)24-13/h3-4H,2,5-12H2,1H3,(H,18,22)(H,19,23). The summed E-state index contributed by atoms with van der Waals surface area (Å²) in [7, 11) is 0. The van der Waals surface area contributed by atoms with Crippen LogP contribution in [0.25, 0.3) is 0 Å². The Bertz CT molecular complexity index is 544. The van der Waals surface area contributed by atoms with Crippen molar-refractivity contribution in [3.63, 3.8) is 0 Å². The van der Waals surface area contributed by atoms with Crippen molar-refractivity contribution in [2.45, 2.75) is 19.9 Å². The predicted molar refractivity (Wildman–Crippen MR) is 100 cm³/mol. The van der Waals surface area contributed by atoms with E-state index in [1.807, 2.05) is 6.92 Å². The molecule has 0 atom stereocenters. The van der Waals surface area contributed by atoms with Gasteiger partial charge in [0.1, 0.15) is 0 Å². The molecule has 0 unspecified atom stereocenters.